The lowest BCUT2D eigenvalue weighted by Crippen LogP contribution is -2.47. The van der Waals surface area contributed by atoms with Crippen molar-refractivity contribution in [1.82, 2.24) is 4.90 Å². The molecule has 0 aromatic rings. The number of hydrogen-bond acceptors (Lipinski definition) is 5. The molecule has 0 saturated carbocycles. The quantitative estimate of drug-likeness (QED) is 0.617. The Balaban J connectivity index is 2.48. The van der Waals surface area contributed by atoms with E-state index in [2.05, 4.69) is 4.90 Å². The lowest BCUT2D eigenvalue weighted by Gasteiger charge is -2.39. The summed E-state index contributed by atoms with van der Waals surface area (Å²) in [6.07, 6.45) is 1.98. The molecular weight excluding hydrogens is 222 g/mol. The Bertz CT molecular complexity index is 195. The van der Waals surface area contributed by atoms with Gasteiger partial charge >= 0.3 is 0 Å². The van der Waals surface area contributed by atoms with Gasteiger partial charge in [-0.2, -0.15) is 0 Å². The summed E-state index contributed by atoms with van der Waals surface area (Å²) >= 11 is 0. The number of aliphatic hydroxyl groups excluding tert-OH is 2. The van der Waals surface area contributed by atoms with Crippen molar-refractivity contribution in [1.29, 1.82) is 0 Å². The van der Waals surface area contributed by atoms with Gasteiger partial charge in [0.15, 0.2) is 0 Å². The monoisotopic (exact) mass is 247 g/mol. The number of hydrogen-bond donors (Lipinski definition) is 2. The average Bonchev–Trinajstić information content (AvgIpc) is 2.37. The highest BCUT2D eigenvalue weighted by molar-refractivity contribution is 4.84. The smallest absolute Gasteiger partial charge is 0.0589 e. The molecule has 2 N–H and O–H groups in total. The minimum atomic E-state index is -0.166. The van der Waals surface area contributed by atoms with Crippen LogP contribution in [0.4, 0.5) is 0 Å². The van der Waals surface area contributed by atoms with Crippen molar-refractivity contribution in [3.05, 3.63) is 0 Å². The Kier molecular flexibility index (Phi) is 6.99. The number of nitrogens with zero attached hydrogens (tertiary/aromatic N) is 1. The number of aliphatic hydroxyl groups is 2. The molecule has 1 saturated heterocycles. The van der Waals surface area contributed by atoms with Crippen LogP contribution in [0.3, 0.4) is 0 Å². The van der Waals surface area contributed by atoms with E-state index in [-0.39, 0.29) is 18.6 Å². The normalized spacial score (nSPS) is 25.4. The third-order valence-corrected chi connectivity index (χ3v) is 3.33. The molecule has 102 valence electrons. The van der Waals surface area contributed by atoms with E-state index < -0.39 is 0 Å². The second-order valence-electron chi connectivity index (χ2n) is 4.81. The fourth-order valence-electron chi connectivity index (χ4n) is 2.32. The van der Waals surface area contributed by atoms with Gasteiger partial charge in [-0.1, -0.05) is 0 Å². The van der Waals surface area contributed by atoms with Crippen molar-refractivity contribution in [3.63, 3.8) is 0 Å². The highest BCUT2D eigenvalue weighted by Crippen LogP contribution is 2.29. The predicted octanol–water partition coefficient (Wildman–Crippen LogP) is -0.284. The third kappa shape index (κ3) is 4.89. The standard InChI is InChI=1S/C12H25NO4/c1-16-8-5-13(4-6-14)9-12(10-15)3-2-7-17-11-12/h14-15H,2-11H2,1H3. The predicted molar refractivity (Wildman–Crippen MR) is 65.0 cm³/mol. The van der Waals surface area contributed by atoms with Gasteiger partial charge in [-0.3, -0.25) is 4.90 Å². The molecule has 5 nitrogen and oxygen atoms in total. The fourth-order valence-corrected chi connectivity index (χ4v) is 2.32. The molecule has 1 aliphatic heterocycles. The molecule has 0 aromatic carbocycles. The molecule has 0 bridgehead atoms. The van der Waals surface area contributed by atoms with Gasteiger partial charge in [0.1, 0.15) is 0 Å². The van der Waals surface area contributed by atoms with Crippen molar-refractivity contribution in [2.45, 2.75) is 12.8 Å². The van der Waals surface area contributed by atoms with Crippen LogP contribution in [0.5, 0.6) is 0 Å². The lowest BCUT2D eigenvalue weighted by atomic mass is 9.83. The number of rotatable bonds is 8. The van der Waals surface area contributed by atoms with Gasteiger partial charge in [-0.05, 0) is 12.8 Å². The Morgan fingerprint density at radius 2 is 2.18 bits per heavy atom. The van der Waals surface area contributed by atoms with Crippen LogP contribution in [-0.2, 0) is 9.47 Å². The van der Waals surface area contributed by atoms with Crippen LogP contribution in [0.1, 0.15) is 12.8 Å². The second-order valence-corrected chi connectivity index (χ2v) is 4.81. The molecule has 1 rings (SSSR count). The van der Waals surface area contributed by atoms with E-state index in [4.69, 9.17) is 14.6 Å². The Morgan fingerprint density at radius 1 is 1.35 bits per heavy atom. The van der Waals surface area contributed by atoms with E-state index in [9.17, 15) is 5.11 Å². The summed E-state index contributed by atoms with van der Waals surface area (Å²) in [5.41, 5.74) is -0.166. The van der Waals surface area contributed by atoms with Crippen molar-refractivity contribution >= 4 is 0 Å². The first-order valence-corrected chi connectivity index (χ1v) is 6.27. The minimum Gasteiger partial charge on any atom is -0.396 e. The summed E-state index contributed by atoms with van der Waals surface area (Å²) < 4.78 is 10.5. The third-order valence-electron chi connectivity index (χ3n) is 3.33. The maximum atomic E-state index is 9.58. The lowest BCUT2D eigenvalue weighted by molar-refractivity contribution is -0.0586. The number of ether oxygens (including phenoxy) is 2. The molecule has 0 radical (unpaired) electrons. The Hall–Kier alpha value is -0.200. The van der Waals surface area contributed by atoms with Gasteiger partial charge in [-0.25, -0.2) is 0 Å². The summed E-state index contributed by atoms with van der Waals surface area (Å²) in [5.74, 6) is 0. The zero-order chi connectivity index (χ0) is 12.6. The molecule has 1 unspecified atom stereocenters. The van der Waals surface area contributed by atoms with Crippen LogP contribution >= 0.6 is 0 Å². The van der Waals surface area contributed by atoms with E-state index in [1.165, 1.54) is 0 Å². The molecule has 0 amide bonds. The number of methoxy groups -OCH3 is 1. The first-order chi connectivity index (χ1) is 8.26. The highest BCUT2D eigenvalue weighted by Gasteiger charge is 2.34. The van der Waals surface area contributed by atoms with Gasteiger partial charge in [0.05, 0.1) is 26.4 Å². The zero-order valence-corrected chi connectivity index (χ0v) is 10.7. The average molecular weight is 247 g/mol. The molecule has 1 atom stereocenters. The maximum Gasteiger partial charge on any atom is 0.0589 e. The molecule has 1 aliphatic rings. The summed E-state index contributed by atoms with van der Waals surface area (Å²) in [4.78, 5) is 2.13. The second kappa shape index (κ2) is 8.00. The minimum absolute atomic E-state index is 0.131. The van der Waals surface area contributed by atoms with Crippen LogP contribution in [0.15, 0.2) is 0 Å². The van der Waals surface area contributed by atoms with Crippen LogP contribution in [0, 0.1) is 5.41 Å². The summed E-state index contributed by atoms with van der Waals surface area (Å²) in [6, 6.07) is 0. The molecule has 0 aliphatic carbocycles. The molecular formula is C12H25NO4. The van der Waals surface area contributed by atoms with Crippen molar-refractivity contribution in [3.8, 4) is 0 Å². The molecule has 5 heteroatoms. The molecule has 1 heterocycles. The van der Waals surface area contributed by atoms with E-state index >= 15 is 0 Å². The van der Waals surface area contributed by atoms with E-state index in [0.717, 1.165) is 32.5 Å². The van der Waals surface area contributed by atoms with E-state index in [0.29, 0.717) is 19.8 Å². The van der Waals surface area contributed by atoms with E-state index in [1.807, 2.05) is 0 Å². The fraction of sp³-hybridized carbons (Fsp3) is 1.00. The highest BCUT2D eigenvalue weighted by atomic mass is 16.5. The molecule has 17 heavy (non-hydrogen) atoms. The van der Waals surface area contributed by atoms with Crippen LogP contribution in [0.25, 0.3) is 0 Å². The van der Waals surface area contributed by atoms with Crippen molar-refractivity contribution in [2.75, 3.05) is 59.8 Å². The maximum absolute atomic E-state index is 9.58. The van der Waals surface area contributed by atoms with E-state index in [1.54, 1.807) is 7.11 Å². The van der Waals surface area contributed by atoms with Gasteiger partial charge in [-0.15, -0.1) is 0 Å². The summed E-state index contributed by atoms with van der Waals surface area (Å²) in [7, 11) is 1.67. The topological polar surface area (TPSA) is 62.2 Å². The van der Waals surface area contributed by atoms with Crippen LogP contribution in [0.2, 0.25) is 0 Å². The summed E-state index contributed by atoms with van der Waals surface area (Å²) in [5, 5.41) is 18.6. The summed E-state index contributed by atoms with van der Waals surface area (Å²) in [6.45, 7) is 4.46. The van der Waals surface area contributed by atoms with Gasteiger partial charge in [0.2, 0.25) is 0 Å². The molecule has 0 spiro atoms. The largest absolute Gasteiger partial charge is 0.396 e. The van der Waals surface area contributed by atoms with Crippen LogP contribution in [-0.4, -0.2) is 74.9 Å². The Morgan fingerprint density at radius 3 is 2.71 bits per heavy atom. The van der Waals surface area contributed by atoms with Gasteiger partial charge < -0.3 is 19.7 Å². The van der Waals surface area contributed by atoms with Gasteiger partial charge in [0.25, 0.3) is 0 Å². The van der Waals surface area contributed by atoms with Crippen molar-refractivity contribution < 1.29 is 19.7 Å². The zero-order valence-electron chi connectivity index (χ0n) is 10.7. The van der Waals surface area contributed by atoms with Gasteiger partial charge in [0, 0.05) is 38.8 Å². The Labute approximate surface area is 103 Å². The van der Waals surface area contributed by atoms with Crippen molar-refractivity contribution in [2.24, 2.45) is 5.41 Å². The SMILES string of the molecule is COCCN(CCO)CC1(CO)CCCOC1. The first kappa shape index (κ1) is 14.9. The van der Waals surface area contributed by atoms with Crippen LogP contribution < -0.4 is 0 Å². The molecule has 0 aromatic heterocycles. The first-order valence-electron chi connectivity index (χ1n) is 6.27. The molecule has 1 fully saturated rings.